The van der Waals surface area contributed by atoms with Crippen molar-refractivity contribution in [3.8, 4) is 0 Å². The molecule has 2 aromatic rings. The first-order chi connectivity index (χ1) is 6.59. The molecule has 0 unspecified atom stereocenters. The second-order valence-corrected chi connectivity index (χ2v) is 3.43. The van der Waals surface area contributed by atoms with E-state index in [4.69, 9.17) is 21.1 Å². The van der Waals surface area contributed by atoms with Crippen LogP contribution in [-0.2, 0) is 0 Å². The first-order valence-electron chi connectivity index (χ1n) is 4.01. The molecule has 1 heterocycles. The second-order valence-electron chi connectivity index (χ2n) is 3.05. The Morgan fingerprint density at radius 1 is 1.50 bits per heavy atom. The average Bonchev–Trinajstić information content (AvgIpc) is 2.44. The van der Waals surface area contributed by atoms with Crippen LogP contribution in [0.4, 0.5) is 0 Å². The van der Waals surface area contributed by atoms with Crippen LogP contribution in [0, 0.1) is 6.92 Å². The molecule has 0 saturated heterocycles. The minimum Gasteiger partial charge on any atom is -0.475 e. The molecule has 2 rings (SSSR count). The summed E-state index contributed by atoms with van der Waals surface area (Å²) in [6.45, 7) is 1.91. The van der Waals surface area contributed by atoms with E-state index in [1.165, 1.54) is 0 Å². The predicted molar refractivity (Wildman–Crippen MR) is 52.9 cm³/mol. The first-order valence-corrected chi connectivity index (χ1v) is 4.39. The maximum atomic E-state index is 10.7. The summed E-state index contributed by atoms with van der Waals surface area (Å²) in [5, 5.41) is 9.56. The number of carboxylic acids is 1. The summed E-state index contributed by atoms with van der Waals surface area (Å²) in [5.41, 5.74) is 1.51. The molecule has 0 spiro atoms. The van der Waals surface area contributed by atoms with Crippen LogP contribution in [0.25, 0.3) is 11.0 Å². The van der Waals surface area contributed by atoms with Gasteiger partial charge < -0.3 is 9.52 Å². The van der Waals surface area contributed by atoms with Gasteiger partial charge in [0.25, 0.3) is 0 Å². The number of benzene rings is 1. The van der Waals surface area contributed by atoms with E-state index in [-0.39, 0.29) is 10.8 Å². The molecule has 1 N–H and O–H groups in total. The maximum Gasteiger partial charge on any atom is 0.373 e. The van der Waals surface area contributed by atoms with Gasteiger partial charge in [0.1, 0.15) is 10.6 Å². The van der Waals surface area contributed by atoms with Crippen molar-refractivity contribution in [1.29, 1.82) is 0 Å². The standard InChI is InChI=1S/C10H7ClO3/c1-5-2-3-7-6(4-5)8(11)9(14-7)10(12)13/h2-4H,1H3,(H,12,13). The third-order valence-corrected chi connectivity index (χ3v) is 2.35. The molecule has 0 aliphatic heterocycles. The van der Waals surface area contributed by atoms with Crippen molar-refractivity contribution in [2.75, 3.05) is 0 Å². The van der Waals surface area contributed by atoms with Gasteiger partial charge in [-0.1, -0.05) is 23.2 Å². The molecular weight excluding hydrogens is 204 g/mol. The minimum atomic E-state index is -1.15. The number of carboxylic acid groups (broad SMARTS) is 1. The summed E-state index contributed by atoms with van der Waals surface area (Å²) in [7, 11) is 0. The Bertz CT molecular complexity index is 513. The third-order valence-electron chi connectivity index (χ3n) is 1.98. The van der Waals surface area contributed by atoms with Gasteiger partial charge in [-0.3, -0.25) is 0 Å². The Morgan fingerprint density at radius 3 is 2.86 bits per heavy atom. The van der Waals surface area contributed by atoms with Crippen LogP contribution in [0.5, 0.6) is 0 Å². The second kappa shape index (κ2) is 3.03. The lowest BCUT2D eigenvalue weighted by Crippen LogP contribution is -1.93. The molecule has 0 saturated carbocycles. The number of hydrogen-bond acceptors (Lipinski definition) is 2. The van der Waals surface area contributed by atoms with Crippen LogP contribution < -0.4 is 0 Å². The summed E-state index contributed by atoms with van der Waals surface area (Å²) in [5.74, 6) is -1.35. The normalized spacial score (nSPS) is 10.7. The zero-order valence-corrected chi connectivity index (χ0v) is 8.13. The zero-order chi connectivity index (χ0) is 10.3. The molecule has 72 valence electrons. The van der Waals surface area contributed by atoms with Gasteiger partial charge in [-0.2, -0.15) is 0 Å². The smallest absolute Gasteiger partial charge is 0.373 e. The highest BCUT2D eigenvalue weighted by molar-refractivity contribution is 6.38. The first kappa shape index (κ1) is 9.09. The Morgan fingerprint density at radius 2 is 2.21 bits per heavy atom. The highest BCUT2D eigenvalue weighted by atomic mass is 35.5. The van der Waals surface area contributed by atoms with Crippen molar-refractivity contribution in [1.82, 2.24) is 0 Å². The lowest BCUT2D eigenvalue weighted by Gasteiger charge is -1.90. The van der Waals surface area contributed by atoms with E-state index in [0.29, 0.717) is 11.0 Å². The van der Waals surface area contributed by atoms with E-state index >= 15 is 0 Å². The van der Waals surface area contributed by atoms with Gasteiger partial charge in [0, 0.05) is 5.39 Å². The summed E-state index contributed by atoms with van der Waals surface area (Å²) >= 11 is 5.85. The molecule has 3 nitrogen and oxygen atoms in total. The van der Waals surface area contributed by atoms with E-state index in [9.17, 15) is 4.79 Å². The fourth-order valence-electron chi connectivity index (χ4n) is 1.32. The zero-order valence-electron chi connectivity index (χ0n) is 7.37. The maximum absolute atomic E-state index is 10.7. The van der Waals surface area contributed by atoms with Gasteiger partial charge >= 0.3 is 5.97 Å². The Hall–Kier alpha value is -1.48. The van der Waals surface area contributed by atoms with Crippen LogP contribution in [0.1, 0.15) is 16.1 Å². The van der Waals surface area contributed by atoms with Crippen molar-refractivity contribution in [3.05, 3.63) is 34.5 Å². The topological polar surface area (TPSA) is 50.4 Å². The van der Waals surface area contributed by atoms with Gasteiger partial charge in [0.15, 0.2) is 0 Å². The highest BCUT2D eigenvalue weighted by Crippen LogP contribution is 2.30. The van der Waals surface area contributed by atoms with Crippen LogP contribution >= 0.6 is 11.6 Å². The van der Waals surface area contributed by atoms with Gasteiger partial charge in [0.2, 0.25) is 5.76 Å². The van der Waals surface area contributed by atoms with Crippen LogP contribution in [0.3, 0.4) is 0 Å². The molecule has 0 aliphatic rings. The highest BCUT2D eigenvalue weighted by Gasteiger charge is 2.17. The average molecular weight is 211 g/mol. The Kier molecular flexibility index (Phi) is 1.97. The molecule has 1 aromatic heterocycles. The number of halogens is 1. The van der Waals surface area contributed by atoms with Gasteiger partial charge in [-0.15, -0.1) is 0 Å². The number of aryl methyl sites for hydroxylation is 1. The largest absolute Gasteiger partial charge is 0.475 e. The molecule has 0 bridgehead atoms. The molecule has 0 aliphatic carbocycles. The summed E-state index contributed by atoms with van der Waals surface area (Å²) in [6, 6.07) is 5.35. The molecule has 1 aromatic carbocycles. The van der Waals surface area contributed by atoms with Crippen molar-refractivity contribution in [2.24, 2.45) is 0 Å². The molecule has 0 radical (unpaired) electrons. The van der Waals surface area contributed by atoms with E-state index in [1.807, 2.05) is 13.0 Å². The number of furan rings is 1. The molecule has 4 heteroatoms. The van der Waals surface area contributed by atoms with Gasteiger partial charge in [-0.05, 0) is 19.1 Å². The Labute approximate surface area is 84.9 Å². The number of carbonyl (C=O) groups is 1. The lowest BCUT2D eigenvalue weighted by molar-refractivity contribution is 0.0665. The molecular formula is C10H7ClO3. The van der Waals surface area contributed by atoms with Gasteiger partial charge in [0.05, 0.1) is 0 Å². The van der Waals surface area contributed by atoms with Crippen LogP contribution in [0.15, 0.2) is 22.6 Å². The predicted octanol–water partition coefficient (Wildman–Crippen LogP) is 3.09. The fraction of sp³-hybridized carbons (Fsp3) is 0.100. The van der Waals surface area contributed by atoms with Crippen LogP contribution in [-0.4, -0.2) is 11.1 Å². The minimum absolute atomic E-state index is 0.163. The van der Waals surface area contributed by atoms with E-state index < -0.39 is 5.97 Å². The number of rotatable bonds is 1. The third kappa shape index (κ3) is 1.26. The van der Waals surface area contributed by atoms with E-state index in [0.717, 1.165) is 5.56 Å². The van der Waals surface area contributed by atoms with E-state index in [2.05, 4.69) is 0 Å². The van der Waals surface area contributed by atoms with Crippen molar-refractivity contribution >= 4 is 28.5 Å². The summed E-state index contributed by atoms with van der Waals surface area (Å²) in [4.78, 5) is 10.7. The number of hydrogen-bond donors (Lipinski definition) is 1. The fourth-order valence-corrected chi connectivity index (χ4v) is 1.59. The van der Waals surface area contributed by atoms with Crippen molar-refractivity contribution < 1.29 is 14.3 Å². The molecule has 0 atom stereocenters. The van der Waals surface area contributed by atoms with Crippen molar-refractivity contribution in [3.63, 3.8) is 0 Å². The quantitative estimate of drug-likeness (QED) is 0.787. The molecule has 0 fully saturated rings. The number of fused-ring (bicyclic) bond motifs is 1. The van der Waals surface area contributed by atoms with E-state index in [1.54, 1.807) is 12.1 Å². The Balaban J connectivity index is 2.80. The SMILES string of the molecule is Cc1ccc2oc(C(=O)O)c(Cl)c2c1. The number of aromatic carboxylic acids is 1. The van der Waals surface area contributed by atoms with Crippen LogP contribution in [0.2, 0.25) is 5.02 Å². The van der Waals surface area contributed by atoms with Gasteiger partial charge in [-0.25, -0.2) is 4.79 Å². The molecule has 0 amide bonds. The lowest BCUT2D eigenvalue weighted by atomic mass is 10.2. The summed E-state index contributed by atoms with van der Waals surface area (Å²) < 4.78 is 5.08. The summed E-state index contributed by atoms with van der Waals surface area (Å²) in [6.07, 6.45) is 0. The monoisotopic (exact) mass is 210 g/mol. The van der Waals surface area contributed by atoms with Crippen molar-refractivity contribution in [2.45, 2.75) is 6.92 Å². The molecule has 14 heavy (non-hydrogen) atoms.